The minimum absolute atomic E-state index is 0.00477. The van der Waals surface area contributed by atoms with Crippen molar-refractivity contribution in [2.45, 2.75) is 51.7 Å². The lowest BCUT2D eigenvalue weighted by Gasteiger charge is -2.37. The number of nitrogens with two attached hydrogens (primary N) is 1. The molecule has 0 bridgehead atoms. The zero-order valence-electron chi connectivity index (χ0n) is 10.4. The highest BCUT2D eigenvalue weighted by atomic mass is 16.3. The topological polar surface area (TPSA) is 66.6 Å². The lowest BCUT2D eigenvalue weighted by atomic mass is 10.0. The molecule has 1 aliphatic rings. The Morgan fingerprint density at radius 1 is 1.38 bits per heavy atom. The summed E-state index contributed by atoms with van der Waals surface area (Å²) in [5, 5.41) is 9.09. The molecule has 1 atom stereocenters. The van der Waals surface area contributed by atoms with Gasteiger partial charge in [0.1, 0.15) is 0 Å². The van der Waals surface area contributed by atoms with Crippen molar-refractivity contribution in [2.75, 3.05) is 13.1 Å². The van der Waals surface area contributed by atoms with Crippen LogP contribution in [0.5, 0.6) is 0 Å². The fourth-order valence-corrected chi connectivity index (χ4v) is 1.91. The van der Waals surface area contributed by atoms with Crippen LogP contribution in [0.15, 0.2) is 0 Å². The molecule has 0 spiro atoms. The summed E-state index contributed by atoms with van der Waals surface area (Å²) in [6, 6.07) is -0.375. The average molecular weight is 228 g/mol. The molecule has 3 N–H and O–H groups in total. The third kappa shape index (κ3) is 4.10. The Kier molecular flexibility index (Phi) is 5.22. The summed E-state index contributed by atoms with van der Waals surface area (Å²) in [6.07, 6.45) is 3.78. The monoisotopic (exact) mass is 228 g/mol. The summed E-state index contributed by atoms with van der Waals surface area (Å²) in [7, 11) is 0. The van der Waals surface area contributed by atoms with Crippen LogP contribution in [-0.2, 0) is 4.79 Å². The Balaban J connectivity index is 2.10. The summed E-state index contributed by atoms with van der Waals surface area (Å²) in [5.74, 6) is 0.715. The maximum absolute atomic E-state index is 11.7. The average Bonchev–Trinajstić information content (AvgIpc) is 2.18. The highest BCUT2D eigenvalue weighted by Gasteiger charge is 2.31. The number of hydrogen-bond acceptors (Lipinski definition) is 3. The predicted octanol–water partition coefficient (Wildman–Crippen LogP) is 0.733. The van der Waals surface area contributed by atoms with Crippen LogP contribution in [0, 0.1) is 5.92 Å². The van der Waals surface area contributed by atoms with Gasteiger partial charge >= 0.3 is 0 Å². The lowest BCUT2D eigenvalue weighted by molar-refractivity contribution is -0.142. The molecule has 4 heteroatoms. The van der Waals surface area contributed by atoms with Crippen LogP contribution in [0.1, 0.15) is 39.5 Å². The molecule has 4 nitrogen and oxygen atoms in total. The van der Waals surface area contributed by atoms with Crippen molar-refractivity contribution in [1.82, 2.24) is 4.90 Å². The molecule has 0 aromatic rings. The molecule has 0 aromatic heterocycles. The number of amides is 1. The van der Waals surface area contributed by atoms with Gasteiger partial charge in [0, 0.05) is 13.1 Å². The lowest BCUT2D eigenvalue weighted by Crippen LogP contribution is -2.57. The minimum atomic E-state index is -0.375. The summed E-state index contributed by atoms with van der Waals surface area (Å²) < 4.78 is 0. The van der Waals surface area contributed by atoms with E-state index in [9.17, 15) is 4.79 Å². The number of nitrogens with zero attached hydrogens (tertiary/aromatic N) is 1. The third-order valence-corrected chi connectivity index (χ3v) is 3.04. The van der Waals surface area contributed by atoms with E-state index < -0.39 is 0 Å². The molecule has 0 saturated carbocycles. The van der Waals surface area contributed by atoms with Gasteiger partial charge in [0.15, 0.2) is 0 Å². The number of aliphatic hydroxyl groups is 1. The van der Waals surface area contributed by atoms with Crippen molar-refractivity contribution in [2.24, 2.45) is 11.7 Å². The van der Waals surface area contributed by atoms with Crippen LogP contribution >= 0.6 is 0 Å². The fourth-order valence-electron chi connectivity index (χ4n) is 1.91. The van der Waals surface area contributed by atoms with E-state index in [4.69, 9.17) is 10.8 Å². The number of unbranched alkanes of at least 4 members (excludes halogenated alkanes) is 1. The summed E-state index contributed by atoms with van der Waals surface area (Å²) in [4.78, 5) is 13.3. The first-order chi connectivity index (χ1) is 7.50. The SMILES string of the molecule is CC(C)CCCCC(N)C(=O)N1CC(O)C1. The maximum Gasteiger partial charge on any atom is 0.239 e. The van der Waals surface area contributed by atoms with Crippen molar-refractivity contribution in [3.8, 4) is 0 Å². The van der Waals surface area contributed by atoms with Crippen molar-refractivity contribution in [3.63, 3.8) is 0 Å². The third-order valence-electron chi connectivity index (χ3n) is 3.04. The fraction of sp³-hybridized carbons (Fsp3) is 0.917. The van der Waals surface area contributed by atoms with Crippen LogP contribution < -0.4 is 5.73 Å². The Hall–Kier alpha value is -0.610. The summed E-state index contributed by atoms with van der Waals surface area (Å²) in [5.41, 5.74) is 5.82. The quantitative estimate of drug-likeness (QED) is 0.659. The number of rotatable bonds is 6. The van der Waals surface area contributed by atoms with Crippen LogP contribution in [0.3, 0.4) is 0 Å². The number of likely N-dealkylation sites (tertiary alicyclic amines) is 1. The number of hydrogen-bond donors (Lipinski definition) is 2. The van der Waals surface area contributed by atoms with Gasteiger partial charge in [0.05, 0.1) is 12.1 Å². The smallest absolute Gasteiger partial charge is 0.239 e. The molecule has 1 unspecified atom stereocenters. The Morgan fingerprint density at radius 2 is 1.94 bits per heavy atom. The molecule has 1 amide bonds. The molecule has 1 rings (SSSR count). The van der Waals surface area contributed by atoms with Crippen LogP contribution in [0.2, 0.25) is 0 Å². The van der Waals surface area contributed by atoms with Gasteiger partial charge in [0.25, 0.3) is 0 Å². The van der Waals surface area contributed by atoms with Crippen molar-refractivity contribution in [1.29, 1.82) is 0 Å². The highest BCUT2D eigenvalue weighted by Crippen LogP contribution is 2.13. The van der Waals surface area contributed by atoms with Crippen LogP contribution in [-0.4, -0.2) is 41.1 Å². The molecule has 1 fully saturated rings. The largest absolute Gasteiger partial charge is 0.389 e. The Labute approximate surface area is 97.8 Å². The van der Waals surface area contributed by atoms with Crippen LogP contribution in [0.4, 0.5) is 0 Å². The van der Waals surface area contributed by atoms with E-state index >= 15 is 0 Å². The molecule has 0 aliphatic carbocycles. The predicted molar refractivity (Wildman–Crippen MR) is 63.9 cm³/mol. The van der Waals surface area contributed by atoms with Crippen molar-refractivity contribution >= 4 is 5.91 Å². The van der Waals surface area contributed by atoms with E-state index in [0.29, 0.717) is 13.1 Å². The Morgan fingerprint density at radius 3 is 2.44 bits per heavy atom. The van der Waals surface area contributed by atoms with Gasteiger partial charge in [0.2, 0.25) is 5.91 Å². The summed E-state index contributed by atoms with van der Waals surface area (Å²) >= 11 is 0. The standard InChI is InChI=1S/C12H24N2O2/c1-9(2)5-3-4-6-11(13)12(16)14-7-10(15)8-14/h9-11,15H,3-8,13H2,1-2H3. The highest BCUT2D eigenvalue weighted by molar-refractivity contribution is 5.82. The number of aliphatic hydroxyl groups excluding tert-OH is 1. The van der Waals surface area contributed by atoms with Gasteiger partial charge in [-0.05, 0) is 12.3 Å². The first kappa shape index (κ1) is 13.5. The Bertz CT molecular complexity index is 225. The first-order valence-corrected chi connectivity index (χ1v) is 6.23. The second kappa shape index (κ2) is 6.21. The van der Waals surface area contributed by atoms with Crippen LogP contribution in [0.25, 0.3) is 0 Å². The van der Waals surface area contributed by atoms with Crippen molar-refractivity contribution < 1.29 is 9.90 Å². The maximum atomic E-state index is 11.7. The molecule has 94 valence electrons. The number of carbonyl (C=O) groups is 1. The second-order valence-corrected chi connectivity index (χ2v) is 5.18. The van der Waals surface area contributed by atoms with E-state index in [1.54, 1.807) is 4.90 Å². The molecule has 0 aromatic carbocycles. The molecule has 0 radical (unpaired) electrons. The minimum Gasteiger partial charge on any atom is -0.389 e. The van der Waals surface area contributed by atoms with Gasteiger partial charge < -0.3 is 15.7 Å². The van der Waals surface area contributed by atoms with Gasteiger partial charge in [-0.25, -0.2) is 0 Å². The van der Waals surface area contributed by atoms with Gasteiger partial charge in [-0.15, -0.1) is 0 Å². The van der Waals surface area contributed by atoms with Crippen molar-refractivity contribution in [3.05, 3.63) is 0 Å². The van der Waals surface area contributed by atoms with E-state index in [0.717, 1.165) is 25.2 Å². The normalized spacial score (nSPS) is 18.7. The molecule has 1 heterocycles. The zero-order chi connectivity index (χ0) is 12.1. The molecular formula is C12H24N2O2. The van der Waals surface area contributed by atoms with E-state index in [-0.39, 0.29) is 18.1 Å². The molecular weight excluding hydrogens is 204 g/mol. The van der Waals surface area contributed by atoms with Gasteiger partial charge in [-0.3, -0.25) is 4.79 Å². The van der Waals surface area contributed by atoms with E-state index in [2.05, 4.69) is 13.8 Å². The molecule has 16 heavy (non-hydrogen) atoms. The second-order valence-electron chi connectivity index (χ2n) is 5.18. The van der Waals surface area contributed by atoms with Gasteiger partial charge in [-0.2, -0.15) is 0 Å². The zero-order valence-corrected chi connectivity index (χ0v) is 10.4. The number of β-amino-alcohol motifs (C(OH)–C–C–N with tert-alkyl or cyclic N) is 1. The van der Waals surface area contributed by atoms with E-state index in [1.165, 1.54) is 6.42 Å². The van der Waals surface area contributed by atoms with Gasteiger partial charge in [-0.1, -0.05) is 33.1 Å². The number of carbonyl (C=O) groups excluding carboxylic acids is 1. The molecule has 1 aliphatic heterocycles. The summed E-state index contributed by atoms with van der Waals surface area (Å²) in [6.45, 7) is 5.32. The van der Waals surface area contributed by atoms with E-state index in [1.807, 2.05) is 0 Å². The molecule has 1 saturated heterocycles. The first-order valence-electron chi connectivity index (χ1n) is 6.23.